The minimum atomic E-state index is -0.983. The molecular weight excluding hydrogens is 478 g/mol. The maximum atomic E-state index is 14.1. The predicted octanol–water partition coefficient (Wildman–Crippen LogP) is 3.64. The van der Waals surface area contributed by atoms with Crippen LogP contribution in [0.5, 0.6) is 0 Å². The van der Waals surface area contributed by atoms with Crippen molar-refractivity contribution in [2.24, 2.45) is 5.92 Å². The summed E-state index contributed by atoms with van der Waals surface area (Å²) in [4.78, 5) is 26.2. The van der Waals surface area contributed by atoms with Gasteiger partial charge in [-0.3, -0.25) is 9.59 Å². The monoisotopic (exact) mass is 503 g/mol. The number of fused-ring (bicyclic) bond motifs is 1. The Morgan fingerprint density at radius 1 is 1.03 bits per heavy atom. The van der Waals surface area contributed by atoms with Gasteiger partial charge in [0.05, 0.1) is 11.4 Å². The number of hydrogen-bond acceptors (Lipinski definition) is 4. The molecular formula is C26H25F4N3O3. The van der Waals surface area contributed by atoms with Crippen LogP contribution in [0.3, 0.4) is 0 Å². The number of hydrogen-bond donors (Lipinski definition) is 2. The zero-order valence-electron chi connectivity index (χ0n) is 19.3. The highest BCUT2D eigenvalue weighted by atomic mass is 19.1. The highest BCUT2D eigenvalue weighted by molar-refractivity contribution is 5.79. The number of halogens is 4. The molecule has 0 bridgehead atoms. The van der Waals surface area contributed by atoms with Crippen molar-refractivity contribution in [3.63, 3.8) is 0 Å². The van der Waals surface area contributed by atoms with Crippen LogP contribution in [0, 0.1) is 29.2 Å². The first-order valence-electron chi connectivity index (χ1n) is 11.5. The smallest absolute Gasteiger partial charge is 0.309 e. The fraction of sp³-hybridized carbons (Fsp3) is 0.308. The van der Waals surface area contributed by atoms with E-state index in [9.17, 15) is 32.3 Å². The van der Waals surface area contributed by atoms with Gasteiger partial charge in [0.2, 0.25) is 0 Å². The maximum Gasteiger partial charge on any atom is 0.309 e. The number of rotatable bonds is 8. The second kappa shape index (κ2) is 11.0. The summed E-state index contributed by atoms with van der Waals surface area (Å²) in [6, 6.07) is 7.22. The average molecular weight is 503 g/mol. The lowest BCUT2D eigenvalue weighted by Gasteiger charge is -2.37. The third-order valence-electron chi connectivity index (χ3n) is 6.43. The number of aromatic nitrogens is 1. The van der Waals surface area contributed by atoms with Gasteiger partial charge in [0.25, 0.3) is 5.56 Å². The lowest BCUT2D eigenvalue weighted by Crippen LogP contribution is -2.52. The van der Waals surface area contributed by atoms with Crippen molar-refractivity contribution in [2.75, 3.05) is 26.2 Å². The SMILES string of the molecule is O=C(O)[C@@H]1CN(CCn2c(=O)ccc3c(F)cc(F)cc32)CC[C@H]1NCC=Cc1cc(F)ccc1F. The Morgan fingerprint density at radius 2 is 1.83 bits per heavy atom. The lowest BCUT2D eigenvalue weighted by atomic mass is 9.92. The van der Waals surface area contributed by atoms with Crippen molar-refractivity contribution < 1.29 is 27.5 Å². The molecule has 4 rings (SSSR count). The number of carbonyl (C=O) groups is 1. The number of benzene rings is 2. The standard InChI is InChI=1S/C26H25F4N3O3/c27-17-3-5-21(29)16(12-17)2-1-8-31-23-7-9-32(15-20(23)26(35)36)10-11-33-24-14-18(28)13-22(30)19(24)4-6-25(33)34/h1-6,12-14,20,23,31H,7-11,15H2,(H,35,36)/t20-,23-/m1/s1. The van der Waals surface area contributed by atoms with E-state index in [1.807, 2.05) is 4.90 Å². The molecule has 36 heavy (non-hydrogen) atoms. The molecule has 1 aliphatic rings. The molecule has 2 heterocycles. The first-order valence-corrected chi connectivity index (χ1v) is 11.5. The number of aliphatic carboxylic acids is 1. The van der Waals surface area contributed by atoms with Gasteiger partial charge in [-0.15, -0.1) is 0 Å². The summed E-state index contributed by atoms with van der Waals surface area (Å²) >= 11 is 0. The van der Waals surface area contributed by atoms with Crippen LogP contribution >= 0.6 is 0 Å². The summed E-state index contributed by atoms with van der Waals surface area (Å²) in [5, 5.41) is 13.0. The third-order valence-corrected chi connectivity index (χ3v) is 6.43. The van der Waals surface area contributed by atoms with Gasteiger partial charge in [0, 0.05) is 55.3 Å². The fourth-order valence-corrected chi connectivity index (χ4v) is 4.56. The molecule has 1 aliphatic heterocycles. The van der Waals surface area contributed by atoms with E-state index in [1.54, 1.807) is 6.08 Å². The summed E-state index contributed by atoms with van der Waals surface area (Å²) in [6.45, 7) is 1.51. The zero-order chi connectivity index (χ0) is 25.8. The first kappa shape index (κ1) is 25.6. The highest BCUT2D eigenvalue weighted by Gasteiger charge is 2.33. The highest BCUT2D eigenvalue weighted by Crippen LogP contribution is 2.20. The molecule has 0 radical (unpaired) electrons. The summed E-state index contributed by atoms with van der Waals surface area (Å²) in [5.41, 5.74) is -0.155. The Morgan fingerprint density at radius 3 is 2.61 bits per heavy atom. The number of carboxylic acid groups (broad SMARTS) is 1. The van der Waals surface area contributed by atoms with E-state index in [0.29, 0.717) is 19.5 Å². The van der Waals surface area contributed by atoms with E-state index in [0.717, 1.165) is 30.3 Å². The van der Waals surface area contributed by atoms with Crippen molar-refractivity contribution >= 4 is 22.9 Å². The van der Waals surface area contributed by atoms with Gasteiger partial charge < -0.3 is 19.9 Å². The van der Waals surface area contributed by atoms with Gasteiger partial charge in [0.1, 0.15) is 23.3 Å². The predicted molar refractivity (Wildman–Crippen MR) is 127 cm³/mol. The summed E-state index contributed by atoms with van der Waals surface area (Å²) < 4.78 is 56.2. The molecule has 1 fully saturated rings. The number of nitrogens with zero attached hydrogens (tertiary/aromatic N) is 2. The molecule has 1 aromatic heterocycles. The number of likely N-dealkylation sites (tertiary alicyclic amines) is 1. The van der Waals surface area contributed by atoms with Gasteiger partial charge >= 0.3 is 5.97 Å². The first-order chi connectivity index (χ1) is 17.2. The van der Waals surface area contributed by atoms with E-state index in [4.69, 9.17) is 0 Å². The van der Waals surface area contributed by atoms with Crippen molar-refractivity contribution in [1.29, 1.82) is 0 Å². The molecule has 2 atom stereocenters. The zero-order valence-corrected chi connectivity index (χ0v) is 19.3. The van der Waals surface area contributed by atoms with Gasteiger partial charge in [-0.2, -0.15) is 0 Å². The molecule has 190 valence electrons. The molecule has 0 aliphatic carbocycles. The van der Waals surface area contributed by atoms with Crippen LogP contribution in [0.2, 0.25) is 0 Å². The third kappa shape index (κ3) is 5.83. The Bertz CT molecular complexity index is 1360. The topological polar surface area (TPSA) is 74.6 Å². The van der Waals surface area contributed by atoms with Crippen LogP contribution in [0.25, 0.3) is 17.0 Å². The normalized spacial score (nSPS) is 18.8. The van der Waals surface area contributed by atoms with Crippen LogP contribution in [0.15, 0.2) is 53.3 Å². The Hall–Kier alpha value is -3.50. The lowest BCUT2D eigenvalue weighted by molar-refractivity contribution is -0.144. The van der Waals surface area contributed by atoms with Crippen LogP contribution in [-0.2, 0) is 11.3 Å². The van der Waals surface area contributed by atoms with Crippen molar-refractivity contribution in [3.8, 4) is 0 Å². The number of pyridine rings is 1. The summed E-state index contributed by atoms with van der Waals surface area (Å²) in [7, 11) is 0. The molecule has 0 spiro atoms. The Labute approximate surface area is 204 Å². The number of nitrogens with one attached hydrogen (secondary N) is 1. The van der Waals surface area contributed by atoms with Crippen LogP contribution in [-0.4, -0.2) is 52.8 Å². The summed E-state index contributed by atoms with van der Waals surface area (Å²) in [6.07, 6.45) is 3.55. The molecule has 10 heteroatoms. The van der Waals surface area contributed by atoms with E-state index in [-0.39, 0.29) is 42.1 Å². The summed E-state index contributed by atoms with van der Waals surface area (Å²) in [5.74, 6) is -4.37. The second-order valence-corrected chi connectivity index (χ2v) is 8.76. The molecule has 2 N–H and O–H groups in total. The number of carboxylic acids is 1. The van der Waals surface area contributed by atoms with Gasteiger partial charge in [-0.05, 0) is 43.3 Å². The van der Waals surface area contributed by atoms with Gasteiger partial charge in [0.15, 0.2) is 0 Å². The van der Waals surface area contributed by atoms with Gasteiger partial charge in [-0.1, -0.05) is 12.2 Å². The average Bonchev–Trinajstić information content (AvgIpc) is 2.83. The number of piperidine rings is 1. The molecule has 0 amide bonds. The molecule has 0 saturated carbocycles. The minimum Gasteiger partial charge on any atom is -0.481 e. The van der Waals surface area contributed by atoms with E-state index in [2.05, 4.69) is 5.32 Å². The van der Waals surface area contributed by atoms with Crippen molar-refractivity contribution in [3.05, 3.63) is 87.7 Å². The minimum absolute atomic E-state index is 0.102. The second-order valence-electron chi connectivity index (χ2n) is 8.76. The van der Waals surface area contributed by atoms with E-state index < -0.39 is 40.7 Å². The van der Waals surface area contributed by atoms with Crippen LogP contribution in [0.1, 0.15) is 12.0 Å². The maximum absolute atomic E-state index is 14.1. The fourth-order valence-electron chi connectivity index (χ4n) is 4.56. The largest absolute Gasteiger partial charge is 0.481 e. The van der Waals surface area contributed by atoms with Crippen LogP contribution < -0.4 is 10.9 Å². The van der Waals surface area contributed by atoms with Gasteiger partial charge in [-0.25, -0.2) is 17.6 Å². The molecule has 2 aromatic carbocycles. The molecule has 0 unspecified atom stereocenters. The quantitative estimate of drug-likeness (QED) is 0.460. The molecule has 1 saturated heterocycles. The Kier molecular flexibility index (Phi) is 7.85. The Balaban J connectivity index is 1.38. The van der Waals surface area contributed by atoms with Crippen LogP contribution in [0.4, 0.5) is 17.6 Å². The van der Waals surface area contributed by atoms with Crippen molar-refractivity contribution in [1.82, 2.24) is 14.8 Å². The molecule has 6 nitrogen and oxygen atoms in total. The van der Waals surface area contributed by atoms with Crippen molar-refractivity contribution in [2.45, 2.75) is 19.0 Å². The molecule has 3 aromatic rings. The van der Waals surface area contributed by atoms with E-state index in [1.165, 1.54) is 22.8 Å². The van der Waals surface area contributed by atoms with E-state index >= 15 is 0 Å².